The maximum absolute atomic E-state index is 13.5. The number of nitrogens with one attached hydrogen (secondary N) is 3. The van der Waals surface area contributed by atoms with Crippen molar-refractivity contribution in [2.45, 2.75) is 19.3 Å². The first-order valence-corrected chi connectivity index (χ1v) is 12.3. The Morgan fingerprint density at radius 2 is 1.82 bits per heavy atom. The highest BCUT2D eigenvalue weighted by molar-refractivity contribution is 5.97. The van der Waals surface area contributed by atoms with E-state index in [1.807, 2.05) is 18.2 Å². The number of carbonyl (C=O) groups excluding carboxylic acids is 1. The Labute approximate surface area is 215 Å². The molecule has 38 heavy (non-hydrogen) atoms. The molecule has 0 saturated heterocycles. The molecule has 5 heterocycles. The van der Waals surface area contributed by atoms with Crippen molar-refractivity contribution >= 4 is 33.7 Å². The Morgan fingerprint density at radius 3 is 2.63 bits per heavy atom. The Balaban J connectivity index is 1.26. The van der Waals surface area contributed by atoms with Gasteiger partial charge in [-0.25, -0.2) is 14.4 Å². The Bertz CT molecular complexity index is 1820. The minimum absolute atomic E-state index is 0.0419. The number of aromatic amines is 2. The molecule has 0 spiro atoms. The van der Waals surface area contributed by atoms with E-state index in [-0.39, 0.29) is 17.6 Å². The topological polar surface area (TPSA) is 125 Å². The van der Waals surface area contributed by atoms with Gasteiger partial charge in [0.05, 0.1) is 28.5 Å². The molecule has 9 nitrogen and oxygen atoms in total. The molecule has 1 fully saturated rings. The van der Waals surface area contributed by atoms with Gasteiger partial charge in [-0.05, 0) is 55.3 Å². The Morgan fingerprint density at radius 1 is 0.974 bits per heavy atom. The summed E-state index contributed by atoms with van der Waals surface area (Å²) in [6, 6.07) is 11.9. The lowest BCUT2D eigenvalue weighted by molar-refractivity contribution is -0.122. The zero-order valence-electron chi connectivity index (χ0n) is 20.1. The first-order chi connectivity index (χ1) is 18.6. The molecule has 186 valence electrons. The normalized spacial score (nSPS) is 13.6. The van der Waals surface area contributed by atoms with Gasteiger partial charge >= 0.3 is 0 Å². The summed E-state index contributed by atoms with van der Waals surface area (Å²) >= 11 is 0. The van der Waals surface area contributed by atoms with Gasteiger partial charge in [-0.1, -0.05) is 6.42 Å². The maximum atomic E-state index is 13.5. The lowest BCUT2D eigenvalue weighted by atomic mass is 9.85. The van der Waals surface area contributed by atoms with Crippen LogP contribution in [0.4, 0.5) is 10.1 Å². The fourth-order valence-corrected chi connectivity index (χ4v) is 4.69. The molecule has 3 N–H and O–H groups in total. The van der Waals surface area contributed by atoms with E-state index in [0.717, 1.165) is 46.9 Å². The van der Waals surface area contributed by atoms with Crippen molar-refractivity contribution in [3.63, 3.8) is 0 Å². The molecule has 5 aromatic heterocycles. The number of rotatable bonds is 5. The molecule has 6 aromatic rings. The summed E-state index contributed by atoms with van der Waals surface area (Å²) in [5, 5.41) is 11.2. The fraction of sp³-hybridized carbons (Fsp3) is 0.143. The van der Waals surface area contributed by atoms with Crippen LogP contribution in [0.1, 0.15) is 19.3 Å². The first kappa shape index (κ1) is 22.2. The van der Waals surface area contributed by atoms with Gasteiger partial charge in [0, 0.05) is 41.2 Å². The number of nitrogens with zero attached hydrogens (tertiary/aromatic N) is 5. The molecule has 1 aromatic carbocycles. The molecule has 0 atom stereocenters. The Hall–Kier alpha value is -4.99. The van der Waals surface area contributed by atoms with Crippen molar-refractivity contribution in [1.29, 1.82) is 0 Å². The van der Waals surface area contributed by atoms with Crippen LogP contribution in [0.25, 0.3) is 56.0 Å². The van der Waals surface area contributed by atoms with Gasteiger partial charge in [-0.2, -0.15) is 5.10 Å². The predicted molar refractivity (Wildman–Crippen MR) is 141 cm³/mol. The number of fused-ring (bicyclic) bond motifs is 2. The number of pyridine rings is 3. The van der Waals surface area contributed by atoms with E-state index in [1.165, 1.54) is 12.1 Å². The highest BCUT2D eigenvalue weighted by Crippen LogP contribution is 2.32. The summed E-state index contributed by atoms with van der Waals surface area (Å²) < 4.78 is 13.5. The molecule has 0 bridgehead atoms. The van der Waals surface area contributed by atoms with Crippen molar-refractivity contribution in [2.24, 2.45) is 5.92 Å². The van der Waals surface area contributed by atoms with Gasteiger partial charge in [-0.15, -0.1) is 0 Å². The highest BCUT2D eigenvalue weighted by atomic mass is 19.1. The van der Waals surface area contributed by atoms with Crippen LogP contribution in [-0.2, 0) is 4.79 Å². The van der Waals surface area contributed by atoms with Gasteiger partial charge in [0.1, 0.15) is 17.0 Å². The molecular weight excluding hydrogens is 483 g/mol. The average Bonchev–Trinajstić information content (AvgIpc) is 3.52. The standard InChI is InChI=1S/C28H21FN8O/c29-19-6-4-15(5-7-19)23-25-22(8-9-31-23)34-27(35-25)24-21-11-18(13-32-26(21)37-36-24)17-10-20(14-30-12-17)33-28(38)16-2-1-3-16/h4-14,16H,1-3H2,(H,33,38)(H,34,35)(H,32,36,37). The number of H-pyrrole nitrogens is 2. The SMILES string of the molecule is O=C(Nc1cncc(-c2cnc3n[nH]c(-c4nc5c(-c6ccc(F)cc6)nccc5[nH]4)c3c2)c1)C1CCC1. The quantitative estimate of drug-likeness (QED) is 0.285. The largest absolute Gasteiger partial charge is 0.337 e. The highest BCUT2D eigenvalue weighted by Gasteiger charge is 2.25. The molecular formula is C28H21FN8O. The van der Waals surface area contributed by atoms with E-state index in [4.69, 9.17) is 4.98 Å². The maximum Gasteiger partial charge on any atom is 0.227 e. The summed E-state index contributed by atoms with van der Waals surface area (Å²) in [6.07, 6.45) is 9.79. The van der Waals surface area contributed by atoms with Gasteiger partial charge in [0.2, 0.25) is 5.91 Å². The van der Waals surface area contributed by atoms with Crippen LogP contribution in [0, 0.1) is 11.7 Å². The lowest BCUT2D eigenvalue weighted by Gasteiger charge is -2.24. The van der Waals surface area contributed by atoms with Crippen LogP contribution in [-0.4, -0.2) is 41.0 Å². The van der Waals surface area contributed by atoms with E-state index < -0.39 is 0 Å². The van der Waals surface area contributed by atoms with Crippen LogP contribution in [0.2, 0.25) is 0 Å². The third-order valence-electron chi connectivity index (χ3n) is 6.98. The van der Waals surface area contributed by atoms with E-state index in [2.05, 4.69) is 35.5 Å². The van der Waals surface area contributed by atoms with E-state index >= 15 is 0 Å². The van der Waals surface area contributed by atoms with E-state index in [1.54, 1.807) is 36.9 Å². The smallest absolute Gasteiger partial charge is 0.227 e. The molecule has 0 unspecified atom stereocenters. The number of aromatic nitrogens is 7. The minimum atomic E-state index is -0.308. The van der Waals surface area contributed by atoms with Crippen LogP contribution in [0.15, 0.2) is 67.3 Å². The molecule has 0 aliphatic heterocycles. The summed E-state index contributed by atoms with van der Waals surface area (Å²) in [5.74, 6) is 0.405. The van der Waals surface area contributed by atoms with Crippen LogP contribution < -0.4 is 5.32 Å². The third-order valence-corrected chi connectivity index (χ3v) is 6.98. The summed E-state index contributed by atoms with van der Waals surface area (Å²) in [5.41, 5.74) is 6.42. The van der Waals surface area contributed by atoms with Gasteiger partial charge in [-0.3, -0.25) is 19.9 Å². The van der Waals surface area contributed by atoms with E-state index in [9.17, 15) is 9.18 Å². The molecule has 1 saturated carbocycles. The van der Waals surface area contributed by atoms with Gasteiger partial charge in [0.25, 0.3) is 0 Å². The number of carbonyl (C=O) groups is 1. The monoisotopic (exact) mass is 504 g/mol. The van der Waals surface area contributed by atoms with Crippen LogP contribution in [0.3, 0.4) is 0 Å². The first-order valence-electron chi connectivity index (χ1n) is 12.3. The minimum Gasteiger partial charge on any atom is -0.337 e. The Kier molecular flexibility index (Phi) is 5.17. The summed E-state index contributed by atoms with van der Waals surface area (Å²) in [4.78, 5) is 33.9. The number of hydrogen-bond donors (Lipinski definition) is 3. The number of anilines is 1. The number of benzene rings is 1. The number of halogens is 1. The van der Waals surface area contributed by atoms with Crippen LogP contribution >= 0.6 is 0 Å². The summed E-state index contributed by atoms with van der Waals surface area (Å²) in [7, 11) is 0. The zero-order chi connectivity index (χ0) is 25.6. The molecule has 1 amide bonds. The van der Waals surface area contributed by atoms with Crippen molar-refractivity contribution in [3.8, 4) is 33.9 Å². The average molecular weight is 505 g/mol. The van der Waals surface area contributed by atoms with E-state index in [0.29, 0.717) is 34.1 Å². The molecule has 0 radical (unpaired) electrons. The molecule has 1 aliphatic carbocycles. The van der Waals surface area contributed by atoms with Gasteiger partial charge < -0.3 is 10.3 Å². The fourth-order valence-electron chi connectivity index (χ4n) is 4.69. The van der Waals surface area contributed by atoms with Crippen molar-refractivity contribution in [2.75, 3.05) is 5.32 Å². The second kappa shape index (κ2) is 8.84. The molecule has 7 rings (SSSR count). The van der Waals surface area contributed by atoms with Crippen molar-refractivity contribution in [3.05, 3.63) is 73.1 Å². The zero-order valence-corrected chi connectivity index (χ0v) is 20.1. The number of imidazole rings is 1. The molecule has 10 heteroatoms. The predicted octanol–water partition coefficient (Wildman–Crippen LogP) is 5.50. The van der Waals surface area contributed by atoms with Crippen molar-refractivity contribution < 1.29 is 9.18 Å². The second-order valence-electron chi connectivity index (χ2n) is 9.42. The number of amides is 1. The lowest BCUT2D eigenvalue weighted by Crippen LogP contribution is -2.28. The third kappa shape index (κ3) is 3.86. The van der Waals surface area contributed by atoms with Gasteiger partial charge in [0.15, 0.2) is 11.5 Å². The summed E-state index contributed by atoms with van der Waals surface area (Å²) in [6.45, 7) is 0. The van der Waals surface area contributed by atoms with Crippen LogP contribution in [0.5, 0.6) is 0 Å². The number of hydrogen-bond acceptors (Lipinski definition) is 6. The van der Waals surface area contributed by atoms with Crippen molar-refractivity contribution in [1.82, 2.24) is 35.1 Å². The molecule has 1 aliphatic rings. The second-order valence-corrected chi connectivity index (χ2v) is 9.42.